The van der Waals surface area contributed by atoms with Crippen molar-refractivity contribution in [2.45, 2.75) is 31.1 Å². The van der Waals surface area contributed by atoms with Gasteiger partial charge in [-0.3, -0.25) is 0 Å². The number of rotatable bonds is 2. The average molecular weight is 225 g/mol. The first kappa shape index (κ1) is 10.4. The minimum Gasteiger partial charge on any atom is -0.138 e. The maximum Gasteiger partial charge on any atom is 0.0571 e. The molecule has 0 saturated heterocycles. The highest BCUT2D eigenvalue weighted by molar-refractivity contribution is 5.37. The van der Waals surface area contributed by atoms with Crippen molar-refractivity contribution in [1.82, 2.24) is 15.4 Å². The first-order valence-corrected chi connectivity index (χ1v) is 6.11. The second-order valence-electron chi connectivity index (χ2n) is 4.69. The van der Waals surface area contributed by atoms with Crippen LogP contribution in [0.5, 0.6) is 0 Å². The Balaban J connectivity index is 2.11. The van der Waals surface area contributed by atoms with Crippen LogP contribution in [0.25, 0.3) is 0 Å². The molecule has 1 fully saturated rings. The molecule has 0 unspecified atom stereocenters. The van der Waals surface area contributed by atoms with Crippen LogP contribution in [0.3, 0.4) is 0 Å². The van der Waals surface area contributed by atoms with Crippen molar-refractivity contribution in [3.8, 4) is 0 Å². The quantitative estimate of drug-likeness (QED) is 0.788. The van der Waals surface area contributed by atoms with E-state index in [1.165, 1.54) is 36.8 Å². The van der Waals surface area contributed by atoms with Gasteiger partial charge in [-0.2, -0.15) is 0 Å². The fourth-order valence-corrected chi connectivity index (χ4v) is 2.97. The smallest absolute Gasteiger partial charge is 0.0571 e. The Morgan fingerprint density at radius 3 is 2.12 bits per heavy atom. The SMILES string of the molecule is c1ccc(C2(c3cnnnc3)CCCC2)cc1. The van der Waals surface area contributed by atoms with Crippen molar-refractivity contribution >= 4 is 0 Å². The van der Waals surface area contributed by atoms with Crippen LogP contribution in [0.4, 0.5) is 0 Å². The van der Waals surface area contributed by atoms with E-state index in [1.54, 1.807) is 0 Å². The van der Waals surface area contributed by atoms with Crippen LogP contribution < -0.4 is 0 Å². The third-order valence-corrected chi connectivity index (χ3v) is 3.83. The highest BCUT2D eigenvalue weighted by Crippen LogP contribution is 2.45. The maximum atomic E-state index is 3.94. The molecule has 2 aromatic rings. The van der Waals surface area contributed by atoms with Gasteiger partial charge in [-0.1, -0.05) is 43.2 Å². The van der Waals surface area contributed by atoms with Crippen LogP contribution in [-0.2, 0) is 5.41 Å². The summed E-state index contributed by atoms with van der Waals surface area (Å²) in [6.07, 6.45) is 8.65. The molecule has 1 heterocycles. The second kappa shape index (κ2) is 4.24. The summed E-state index contributed by atoms with van der Waals surface area (Å²) in [5.41, 5.74) is 2.70. The van der Waals surface area contributed by atoms with Gasteiger partial charge in [0.25, 0.3) is 0 Å². The Morgan fingerprint density at radius 2 is 1.47 bits per heavy atom. The van der Waals surface area contributed by atoms with Crippen molar-refractivity contribution in [1.29, 1.82) is 0 Å². The molecule has 1 aromatic heterocycles. The lowest BCUT2D eigenvalue weighted by Crippen LogP contribution is -2.24. The van der Waals surface area contributed by atoms with E-state index >= 15 is 0 Å². The predicted octanol–water partition coefficient (Wildman–Crippen LogP) is 2.73. The molecular formula is C14H15N3. The van der Waals surface area contributed by atoms with Crippen molar-refractivity contribution in [3.63, 3.8) is 0 Å². The van der Waals surface area contributed by atoms with E-state index in [-0.39, 0.29) is 5.41 Å². The standard InChI is InChI=1S/C14H15N3/c1-2-6-12(7-3-1)14(8-4-5-9-14)13-10-15-17-16-11-13/h1-3,6-7,10-11H,4-5,8-9H2. The summed E-state index contributed by atoms with van der Waals surface area (Å²) in [4.78, 5) is 0. The van der Waals surface area contributed by atoms with Crippen molar-refractivity contribution in [2.75, 3.05) is 0 Å². The average Bonchev–Trinajstić information content (AvgIpc) is 2.91. The van der Waals surface area contributed by atoms with E-state index < -0.39 is 0 Å². The molecule has 86 valence electrons. The maximum absolute atomic E-state index is 3.94. The topological polar surface area (TPSA) is 38.7 Å². The van der Waals surface area contributed by atoms with E-state index in [4.69, 9.17) is 0 Å². The van der Waals surface area contributed by atoms with Crippen molar-refractivity contribution in [3.05, 3.63) is 53.9 Å². The van der Waals surface area contributed by atoms with Crippen molar-refractivity contribution in [2.24, 2.45) is 0 Å². The number of benzene rings is 1. The summed E-state index contributed by atoms with van der Waals surface area (Å²) in [5, 5.41) is 11.5. The summed E-state index contributed by atoms with van der Waals surface area (Å²) in [5.74, 6) is 0. The van der Waals surface area contributed by atoms with Gasteiger partial charge >= 0.3 is 0 Å². The molecule has 1 aromatic carbocycles. The minimum absolute atomic E-state index is 0.115. The predicted molar refractivity (Wildman–Crippen MR) is 65.5 cm³/mol. The van der Waals surface area contributed by atoms with Gasteiger partial charge in [0.15, 0.2) is 0 Å². The fourth-order valence-electron chi connectivity index (χ4n) is 2.97. The van der Waals surface area contributed by atoms with Crippen LogP contribution in [0.15, 0.2) is 42.7 Å². The lowest BCUT2D eigenvalue weighted by atomic mass is 9.74. The Bertz CT molecular complexity index is 434. The Morgan fingerprint density at radius 1 is 0.824 bits per heavy atom. The van der Waals surface area contributed by atoms with Gasteiger partial charge in [-0.15, -0.1) is 10.2 Å². The van der Waals surface area contributed by atoms with Gasteiger partial charge in [-0.05, 0) is 23.6 Å². The van der Waals surface area contributed by atoms with Gasteiger partial charge in [0.05, 0.1) is 12.4 Å². The third-order valence-electron chi connectivity index (χ3n) is 3.83. The Hall–Kier alpha value is -1.77. The molecule has 0 aliphatic heterocycles. The minimum atomic E-state index is 0.115. The molecule has 3 nitrogen and oxygen atoms in total. The third kappa shape index (κ3) is 1.71. The number of hydrogen-bond donors (Lipinski definition) is 0. The molecule has 1 aliphatic carbocycles. The first-order valence-electron chi connectivity index (χ1n) is 6.11. The molecule has 0 amide bonds. The molecular weight excluding hydrogens is 210 g/mol. The van der Waals surface area contributed by atoms with Gasteiger partial charge in [0, 0.05) is 11.0 Å². The number of aromatic nitrogens is 3. The summed E-state index contributed by atoms with van der Waals surface area (Å²) < 4.78 is 0. The summed E-state index contributed by atoms with van der Waals surface area (Å²) in [6, 6.07) is 10.7. The first-order chi connectivity index (χ1) is 8.42. The van der Waals surface area contributed by atoms with Crippen LogP contribution in [0.2, 0.25) is 0 Å². The van der Waals surface area contributed by atoms with E-state index in [9.17, 15) is 0 Å². The van der Waals surface area contributed by atoms with Crippen LogP contribution >= 0.6 is 0 Å². The monoisotopic (exact) mass is 225 g/mol. The molecule has 0 N–H and O–H groups in total. The van der Waals surface area contributed by atoms with E-state index in [0.29, 0.717) is 0 Å². The zero-order valence-corrected chi connectivity index (χ0v) is 9.71. The van der Waals surface area contributed by atoms with Crippen LogP contribution in [-0.4, -0.2) is 15.4 Å². The van der Waals surface area contributed by atoms with Gasteiger partial charge in [-0.25, -0.2) is 0 Å². The molecule has 0 bridgehead atoms. The Labute approximate surface area is 101 Å². The highest BCUT2D eigenvalue weighted by atomic mass is 15.3. The van der Waals surface area contributed by atoms with Gasteiger partial charge in [0.1, 0.15) is 0 Å². The normalized spacial score (nSPS) is 18.1. The molecule has 0 spiro atoms. The van der Waals surface area contributed by atoms with E-state index in [1.807, 2.05) is 12.4 Å². The van der Waals surface area contributed by atoms with Crippen LogP contribution in [0.1, 0.15) is 36.8 Å². The zero-order valence-electron chi connectivity index (χ0n) is 9.71. The number of hydrogen-bond acceptors (Lipinski definition) is 3. The Kier molecular flexibility index (Phi) is 2.59. The summed E-state index contributed by atoms with van der Waals surface area (Å²) >= 11 is 0. The summed E-state index contributed by atoms with van der Waals surface area (Å²) in [7, 11) is 0. The second-order valence-corrected chi connectivity index (χ2v) is 4.69. The fraction of sp³-hybridized carbons (Fsp3) is 0.357. The molecule has 0 radical (unpaired) electrons. The lowest BCUT2D eigenvalue weighted by molar-refractivity contribution is 0.526. The molecule has 3 heteroatoms. The zero-order chi connectivity index (χ0) is 11.6. The van der Waals surface area contributed by atoms with E-state index in [2.05, 4.69) is 45.7 Å². The molecule has 3 rings (SSSR count). The molecule has 1 aliphatic rings. The largest absolute Gasteiger partial charge is 0.138 e. The van der Waals surface area contributed by atoms with Crippen molar-refractivity contribution < 1.29 is 0 Å². The van der Waals surface area contributed by atoms with E-state index in [0.717, 1.165) is 0 Å². The molecule has 1 saturated carbocycles. The van der Waals surface area contributed by atoms with Crippen LogP contribution in [0, 0.1) is 0 Å². The number of nitrogens with zero attached hydrogens (tertiary/aromatic N) is 3. The van der Waals surface area contributed by atoms with Gasteiger partial charge in [0.2, 0.25) is 0 Å². The lowest BCUT2D eigenvalue weighted by Gasteiger charge is -2.29. The highest BCUT2D eigenvalue weighted by Gasteiger charge is 2.37. The molecule has 17 heavy (non-hydrogen) atoms. The van der Waals surface area contributed by atoms with Gasteiger partial charge < -0.3 is 0 Å². The molecule has 0 atom stereocenters. The summed E-state index contributed by atoms with van der Waals surface area (Å²) in [6.45, 7) is 0.